The van der Waals surface area contributed by atoms with Crippen LogP contribution in [0.3, 0.4) is 0 Å². The Bertz CT molecular complexity index is 942. The Balaban J connectivity index is 2.19. The molecule has 6 heteroatoms. The number of carbonyl (C=O) groups is 1. The second kappa shape index (κ2) is 7.72. The van der Waals surface area contributed by atoms with Gasteiger partial charge in [0.2, 0.25) is 0 Å². The van der Waals surface area contributed by atoms with Crippen LogP contribution in [0.25, 0.3) is 0 Å². The number of aryl methyl sites for hydroxylation is 1. The Labute approximate surface area is 164 Å². The summed E-state index contributed by atoms with van der Waals surface area (Å²) in [6.07, 6.45) is 0. The molecule has 1 aliphatic heterocycles. The topological polar surface area (TPSA) is 95.1 Å². The Morgan fingerprint density at radius 2 is 1.75 bits per heavy atom. The number of hydrogen-bond donors (Lipinski definition) is 1. The van der Waals surface area contributed by atoms with E-state index in [4.69, 9.17) is 9.47 Å². The van der Waals surface area contributed by atoms with E-state index in [0.29, 0.717) is 11.3 Å². The van der Waals surface area contributed by atoms with Crippen LogP contribution in [0, 0.1) is 35.0 Å². The van der Waals surface area contributed by atoms with Gasteiger partial charge in [0.1, 0.15) is 11.8 Å². The van der Waals surface area contributed by atoms with Gasteiger partial charge < -0.3 is 9.47 Å². The first-order chi connectivity index (χ1) is 13.5. The first-order valence-electron chi connectivity index (χ1n) is 8.87. The normalized spacial score (nSPS) is 22.7. The van der Waals surface area contributed by atoms with Gasteiger partial charge in [-0.15, -0.1) is 0 Å². The van der Waals surface area contributed by atoms with E-state index in [1.165, 1.54) is 7.11 Å². The minimum Gasteiger partial charge on any atom is -0.497 e. The lowest BCUT2D eigenvalue weighted by atomic mass is 9.68. The van der Waals surface area contributed by atoms with Gasteiger partial charge >= 0.3 is 5.97 Å². The Morgan fingerprint density at radius 3 is 2.32 bits per heavy atom. The molecule has 0 amide bonds. The smallest absolute Gasteiger partial charge is 0.323 e. The number of rotatable bonds is 4. The molecule has 0 aromatic heterocycles. The first-order valence-corrected chi connectivity index (χ1v) is 8.87. The highest BCUT2D eigenvalue weighted by atomic mass is 16.5. The monoisotopic (exact) mass is 375 g/mol. The maximum absolute atomic E-state index is 12.6. The van der Waals surface area contributed by atoms with Gasteiger partial charge in [-0.05, 0) is 30.2 Å². The Morgan fingerprint density at radius 1 is 1.07 bits per heavy atom. The molecule has 1 aliphatic rings. The Kier molecular flexibility index (Phi) is 5.35. The van der Waals surface area contributed by atoms with Gasteiger partial charge in [0.15, 0.2) is 5.41 Å². The minimum absolute atomic E-state index is 0.508. The zero-order chi connectivity index (χ0) is 20.3. The standard InChI is InChI=1S/C22H21N3O3/c1-14-7-9-15(10-8-14)18-19(21(26)28-3)25-20(22(18,12-23)13-24)16-5-4-6-17(11-16)27-2/h4-11,18-20,25H,1-3H3/t18-,19+,20-/m0/s1. The molecule has 0 bridgehead atoms. The molecule has 28 heavy (non-hydrogen) atoms. The molecule has 142 valence electrons. The van der Waals surface area contributed by atoms with E-state index in [9.17, 15) is 15.3 Å². The maximum Gasteiger partial charge on any atom is 0.323 e. The fourth-order valence-corrected chi connectivity index (χ4v) is 3.88. The molecule has 3 rings (SSSR count). The van der Waals surface area contributed by atoms with Gasteiger partial charge in [0, 0.05) is 5.92 Å². The zero-order valence-electron chi connectivity index (χ0n) is 16.0. The molecule has 0 aliphatic carbocycles. The third kappa shape index (κ3) is 3.09. The van der Waals surface area contributed by atoms with Gasteiger partial charge in [0.05, 0.1) is 32.4 Å². The summed E-state index contributed by atoms with van der Waals surface area (Å²) in [5, 5.41) is 23.5. The maximum atomic E-state index is 12.6. The number of nitrogens with one attached hydrogen (secondary N) is 1. The van der Waals surface area contributed by atoms with Crippen molar-refractivity contribution in [1.82, 2.24) is 5.32 Å². The summed E-state index contributed by atoms with van der Waals surface area (Å²) in [6, 6.07) is 17.6. The minimum atomic E-state index is -1.50. The van der Waals surface area contributed by atoms with Crippen molar-refractivity contribution in [2.24, 2.45) is 5.41 Å². The number of carbonyl (C=O) groups excluding carboxylic acids is 1. The molecule has 3 atom stereocenters. The van der Waals surface area contributed by atoms with Crippen LogP contribution in [0.2, 0.25) is 0 Å². The van der Waals surface area contributed by atoms with Crippen LogP contribution in [0.15, 0.2) is 48.5 Å². The zero-order valence-corrected chi connectivity index (χ0v) is 16.0. The van der Waals surface area contributed by atoms with E-state index in [2.05, 4.69) is 17.5 Å². The molecule has 1 saturated heterocycles. The van der Waals surface area contributed by atoms with Gasteiger partial charge in [0.25, 0.3) is 0 Å². The van der Waals surface area contributed by atoms with Crippen LogP contribution in [0.5, 0.6) is 5.75 Å². The van der Waals surface area contributed by atoms with Crippen LogP contribution >= 0.6 is 0 Å². The molecule has 2 aromatic carbocycles. The lowest BCUT2D eigenvalue weighted by molar-refractivity contribution is -0.143. The molecule has 0 saturated carbocycles. The van der Waals surface area contributed by atoms with Crippen LogP contribution in [0.1, 0.15) is 28.7 Å². The Hall–Kier alpha value is -3.35. The summed E-state index contributed by atoms with van der Waals surface area (Å²) in [6.45, 7) is 1.95. The third-order valence-corrected chi connectivity index (χ3v) is 5.31. The van der Waals surface area contributed by atoms with Crippen molar-refractivity contribution in [3.8, 4) is 17.9 Å². The molecular formula is C22H21N3O3. The lowest BCUT2D eigenvalue weighted by Gasteiger charge is -2.27. The number of nitrogens with zero attached hydrogens (tertiary/aromatic N) is 2. The summed E-state index contributed by atoms with van der Waals surface area (Å²) in [5.74, 6) is -0.588. The highest BCUT2D eigenvalue weighted by Crippen LogP contribution is 2.52. The number of esters is 1. The number of nitriles is 2. The van der Waals surface area contributed by atoms with Gasteiger partial charge in [-0.25, -0.2) is 0 Å². The SMILES string of the molecule is COC(=O)[C@@H]1N[C@@H](c2cccc(OC)c2)C(C#N)(C#N)[C@H]1c1ccc(C)cc1. The van der Waals surface area contributed by atoms with E-state index in [0.717, 1.165) is 11.1 Å². The number of methoxy groups -OCH3 is 2. The second-order valence-corrected chi connectivity index (χ2v) is 6.86. The van der Waals surface area contributed by atoms with E-state index >= 15 is 0 Å². The van der Waals surface area contributed by atoms with Crippen LogP contribution in [-0.2, 0) is 9.53 Å². The summed E-state index contributed by atoms with van der Waals surface area (Å²) >= 11 is 0. The van der Waals surface area contributed by atoms with Crippen LogP contribution in [-0.4, -0.2) is 26.2 Å². The molecule has 0 radical (unpaired) electrons. The highest BCUT2D eigenvalue weighted by molar-refractivity contribution is 5.79. The average molecular weight is 375 g/mol. The first kappa shape index (κ1) is 19.4. The van der Waals surface area contributed by atoms with E-state index in [1.807, 2.05) is 37.3 Å². The molecule has 0 spiro atoms. The third-order valence-electron chi connectivity index (χ3n) is 5.31. The van der Waals surface area contributed by atoms with E-state index in [1.54, 1.807) is 25.3 Å². The van der Waals surface area contributed by atoms with Crippen molar-refractivity contribution in [3.05, 3.63) is 65.2 Å². The van der Waals surface area contributed by atoms with Crippen LogP contribution in [0.4, 0.5) is 0 Å². The van der Waals surface area contributed by atoms with Crippen molar-refractivity contribution in [2.45, 2.75) is 24.9 Å². The largest absolute Gasteiger partial charge is 0.497 e. The van der Waals surface area contributed by atoms with Crippen molar-refractivity contribution < 1.29 is 14.3 Å². The second-order valence-electron chi connectivity index (χ2n) is 6.86. The quantitative estimate of drug-likeness (QED) is 0.826. The van der Waals surface area contributed by atoms with Gasteiger partial charge in [-0.1, -0.05) is 42.0 Å². The predicted octanol–water partition coefficient (Wildman–Crippen LogP) is 3.01. The molecular weight excluding hydrogens is 354 g/mol. The van der Waals surface area contributed by atoms with E-state index < -0.39 is 29.4 Å². The van der Waals surface area contributed by atoms with Crippen molar-refractivity contribution in [3.63, 3.8) is 0 Å². The molecule has 1 heterocycles. The summed E-state index contributed by atoms with van der Waals surface area (Å²) < 4.78 is 10.3. The fraction of sp³-hybridized carbons (Fsp3) is 0.318. The fourth-order valence-electron chi connectivity index (χ4n) is 3.88. The van der Waals surface area contributed by atoms with Crippen molar-refractivity contribution >= 4 is 5.97 Å². The number of hydrogen-bond acceptors (Lipinski definition) is 6. The molecule has 1 N–H and O–H groups in total. The molecule has 0 unspecified atom stereocenters. The lowest BCUT2D eigenvalue weighted by Crippen LogP contribution is -2.37. The van der Waals surface area contributed by atoms with Crippen molar-refractivity contribution in [2.75, 3.05) is 14.2 Å². The summed E-state index contributed by atoms with van der Waals surface area (Å²) in [4.78, 5) is 12.6. The predicted molar refractivity (Wildman–Crippen MR) is 102 cm³/mol. The average Bonchev–Trinajstić information content (AvgIpc) is 3.09. The van der Waals surface area contributed by atoms with Crippen molar-refractivity contribution in [1.29, 1.82) is 10.5 Å². The molecule has 2 aromatic rings. The number of ether oxygens (including phenoxy) is 2. The van der Waals surface area contributed by atoms with Crippen LogP contribution < -0.4 is 10.1 Å². The highest BCUT2D eigenvalue weighted by Gasteiger charge is 2.60. The molecule has 1 fully saturated rings. The van der Waals surface area contributed by atoms with Gasteiger partial charge in [-0.2, -0.15) is 10.5 Å². The molecule has 6 nitrogen and oxygen atoms in total. The summed E-state index contributed by atoms with van der Waals surface area (Å²) in [7, 11) is 2.85. The number of benzene rings is 2. The van der Waals surface area contributed by atoms with Gasteiger partial charge in [-0.3, -0.25) is 10.1 Å². The van der Waals surface area contributed by atoms with E-state index in [-0.39, 0.29) is 0 Å². The summed E-state index contributed by atoms with van der Waals surface area (Å²) in [5.41, 5.74) is 0.988.